The lowest BCUT2D eigenvalue weighted by atomic mass is 9.94. The van der Waals surface area contributed by atoms with Crippen LogP contribution in [0, 0.1) is 0 Å². The van der Waals surface area contributed by atoms with Gasteiger partial charge in [0.25, 0.3) is 0 Å². The van der Waals surface area contributed by atoms with Gasteiger partial charge in [-0.15, -0.1) is 0 Å². The van der Waals surface area contributed by atoms with Crippen LogP contribution < -0.4 is 0 Å². The lowest BCUT2D eigenvalue weighted by molar-refractivity contribution is -0.128. The normalized spacial score (nSPS) is 26.2. The maximum atomic E-state index is 10.3. The van der Waals surface area contributed by atoms with Gasteiger partial charge in [-0.3, -0.25) is 0 Å². The molecule has 0 saturated carbocycles. The Hall–Kier alpha value is -0.410. The molecule has 1 saturated heterocycles. The van der Waals surface area contributed by atoms with Gasteiger partial charge >= 0.3 is 0 Å². The molecule has 1 rings (SSSR count). The van der Waals surface area contributed by atoms with E-state index >= 15 is 0 Å². The maximum Gasteiger partial charge on any atom is 0.151 e. The number of carbonyl (C=O) groups is 1. The van der Waals surface area contributed by atoms with Gasteiger partial charge in [0.05, 0.1) is 0 Å². The highest BCUT2D eigenvalue weighted by atomic mass is 16.3. The Balaban J connectivity index is 2.46. The fraction of sp³-hybridized carbons (Fsp3) is 0.857. The van der Waals surface area contributed by atoms with Crippen LogP contribution in [-0.4, -0.2) is 42.0 Å². The molecule has 1 aliphatic heterocycles. The molecule has 0 aromatic heterocycles. The smallest absolute Gasteiger partial charge is 0.151 e. The molecule has 0 radical (unpaired) electrons. The first-order valence-corrected chi connectivity index (χ1v) is 3.53. The van der Waals surface area contributed by atoms with Gasteiger partial charge in [-0.1, -0.05) is 0 Å². The second-order valence-electron chi connectivity index (χ2n) is 3.02. The van der Waals surface area contributed by atoms with Gasteiger partial charge < -0.3 is 14.8 Å². The van der Waals surface area contributed by atoms with E-state index < -0.39 is 5.60 Å². The summed E-state index contributed by atoms with van der Waals surface area (Å²) in [5, 5.41) is 9.40. The molecule has 1 heterocycles. The topological polar surface area (TPSA) is 40.5 Å². The van der Waals surface area contributed by atoms with E-state index in [2.05, 4.69) is 4.90 Å². The van der Waals surface area contributed by atoms with Crippen LogP contribution >= 0.6 is 0 Å². The van der Waals surface area contributed by atoms with Crippen molar-refractivity contribution in [2.75, 3.05) is 20.1 Å². The first kappa shape index (κ1) is 7.69. The second-order valence-corrected chi connectivity index (χ2v) is 3.02. The summed E-state index contributed by atoms with van der Waals surface area (Å²) < 4.78 is 0. The minimum atomic E-state index is -1.02. The summed E-state index contributed by atoms with van der Waals surface area (Å²) in [6, 6.07) is 0. The Morgan fingerprint density at radius 1 is 1.50 bits per heavy atom. The first-order chi connectivity index (χ1) is 4.66. The van der Waals surface area contributed by atoms with Crippen LogP contribution in [-0.2, 0) is 4.79 Å². The number of aliphatic hydroxyl groups is 1. The average molecular weight is 143 g/mol. The largest absolute Gasteiger partial charge is 0.382 e. The summed E-state index contributed by atoms with van der Waals surface area (Å²) in [4.78, 5) is 12.4. The van der Waals surface area contributed by atoms with E-state index in [0.717, 1.165) is 13.1 Å². The third-order valence-corrected chi connectivity index (χ3v) is 2.07. The highest BCUT2D eigenvalue weighted by Gasteiger charge is 2.30. The van der Waals surface area contributed by atoms with Gasteiger partial charge in [0.15, 0.2) is 6.29 Å². The number of aldehydes is 1. The number of piperidine rings is 1. The minimum Gasteiger partial charge on any atom is -0.382 e. The van der Waals surface area contributed by atoms with E-state index in [9.17, 15) is 9.90 Å². The van der Waals surface area contributed by atoms with Crippen molar-refractivity contribution < 1.29 is 9.90 Å². The van der Waals surface area contributed by atoms with E-state index in [4.69, 9.17) is 0 Å². The van der Waals surface area contributed by atoms with Crippen molar-refractivity contribution in [3.05, 3.63) is 0 Å². The molecule has 0 unspecified atom stereocenters. The van der Waals surface area contributed by atoms with Crippen LogP contribution in [0.3, 0.4) is 0 Å². The Labute approximate surface area is 60.6 Å². The predicted octanol–water partition coefficient (Wildman–Crippen LogP) is -0.358. The van der Waals surface area contributed by atoms with Crippen molar-refractivity contribution in [3.8, 4) is 0 Å². The summed E-state index contributed by atoms with van der Waals surface area (Å²) in [6.07, 6.45) is 1.82. The summed E-state index contributed by atoms with van der Waals surface area (Å²) in [5.74, 6) is 0. The molecular weight excluding hydrogens is 130 g/mol. The molecule has 0 spiro atoms. The van der Waals surface area contributed by atoms with Crippen molar-refractivity contribution in [2.45, 2.75) is 18.4 Å². The zero-order valence-electron chi connectivity index (χ0n) is 6.21. The number of rotatable bonds is 1. The Morgan fingerprint density at radius 2 is 2.00 bits per heavy atom. The highest BCUT2D eigenvalue weighted by molar-refractivity contribution is 5.62. The van der Waals surface area contributed by atoms with Crippen molar-refractivity contribution >= 4 is 6.29 Å². The Kier molecular flexibility index (Phi) is 2.06. The lowest BCUT2D eigenvalue weighted by Gasteiger charge is -2.32. The Morgan fingerprint density at radius 3 is 2.40 bits per heavy atom. The highest BCUT2D eigenvalue weighted by Crippen LogP contribution is 2.18. The molecule has 58 valence electrons. The molecule has 1 aliphatic rings. The van der Waals surface area contributed by atoms with Gasteiger partial charge in [0, 0.05) is 13.1 Å². The number of hydrogen-bond acceptors (Lipinski definition) is 3. The monoisotopic (exact) mass is 143 g/mol. The fourth-order valence-electron chi connectivity index (χ4n) is 1.12. The molecule has 3 heteroatoms. The summed E-state index contributed by atoms with van der Waals surface area (Å²) in [6.45, 7) is 1.63. The molecule has 0 aromatic carbocycles. The second kappa shape index (κ2) is 2.68. The zero-order valence-corrected chi connectivity index (χ0v) is 6.21. The van der Waals surface area contributed by atoms with Crippen molar-refractivity contribution in [1.82, 2.24) is 4.90 Å². The van der Waals surface area contributed by atoms with Crippen molar-refractivity contribution in [1.29, 1.82) is 0 Å². The van der Waals surface area contributed by atoms with Crippen LogP contribution in [0.15, 0.2) is 0 Å². The molecule has 1 N–H and O–H groups in total. The third kappa shape index (κ3) is 1.55. The van der Waals surface area contributed by atoms with E-state index in [1.165, 1.54) is 0 Å². The molecule has 0 aromatic rings. The third-order valence-electron chi connectivity index (χ3n) is 2.07. The molecule has 3 nitrogen and oxygen atoms in total. The standard InChI is InChI=1S/C7H13NO2/c1-8-4-2-7(10,6-9)3-5-8/h6,10H,2-5H2,1H3. The average Bonchev–Trinajstić information content (AvgIpc) is 1.96. The van der Waals surface area contributed by atoms with E-state index in [1.54, 1.807) is 0 Å². The Bertz CT molecular complexity index is 128. The van der Waals surface area contributed by atoms with E-state index in [1.807, 2.05) is 7.05 Å². The molecule has 0 aliphatic carbocycles. The molecule has 10 heavy (non-hydrogen) atoms. The summed E-state index contributed by atoms with van der Waals surface area (Å²) in [5.41, 5.74) is -1.02. The zero-order chi connectivity index (χ0) is 7.61. The van der Waals surface area contributed by atoms with Gasteiger partial charge in [-0.25, -0.2) is 0 Å². The van der Waals surface area contributed by atoms with E-state index in [0.29, 0.717) is 19.1 Å². The van der Waals surface area contributed by atoms with Gasteiger partial charge in [0.1, 0.15) is 5.60 Å². The van der Waals surface area contributed by atoms with Crippen LogP contribution in [0.2, 0.25) is 0 Å². The van der Waals surface area contributed by atoms with Gasteiger partial charge in [-0.05, 0) is 19.9 Å². The quantitative estimate of drug-likeness (QED) is 0.510. The van der Waals surface area contributed by atoms with Crippen LogP contribution in [0.25, 0.3) is 0 Å². The van der Waals surface area contributed by atoms with Crippen molar-refractivity contribution in [3.63, 3.8) is 0 Å². The van der Waals surface area contributed by atoms with Crippen molar-refractivity contribution in [2.24, 2.45) is 0 Å². The minimum absolute atomic E-state index is 0.576. The van der Waals surface area contributed by atoms with Crippen LogP contribution in [0.4, 0.5) is 0 Å². The molecular formula is C7H13NO2. The summed E-state index contributed by atoms with van der Waals surface area (Å²) in [7, 11) is 1.99. The number of hydrogen-bond donors (Lipinski definition) is 1. The molecule has 0 atom stereocenters. The lowest BCUT2D eigenvalue weighted by Crippen LogP contribution is -2.43. The van der Waals surface area contributed by atoms with Gasteiger partial charge in [0.2, 0.25) is 0 Å². The molecule has 1 fully saturated rings. The predicted molar refractivity (Wildman–Crippen MR) is 37.7 cm³/mol. The number of nitrogens with zero attached hydrogens (tertiary/aromatic N) is 1. The van der Waals surface area contributed by atoms with Crippen LogP contribution in [0.1, 0.15) is 12.8 Å². The number of likely N-dealkylation sites (tertiary alicyclic amines) is 1. The number of carbonyl (C=O) groups excluding carboxylic acids is 1. The fourth-order valence-corrected chi connectivity index (χ4v) is 1.12. The summed E-state index contributed by atoms with van der Waals surface area (Å²) >= 11 is 0. The molecule has 0 amide bonds. The van der Waals surface area contributed by atoms with E-state index in [-0.39, 0.29) is 0 Å². The SMILES string of the molecule is CN1CCC(O)(C=O)CC1. The first-order valence-electron chi connectivity index (χ1n) is 3.53. The maximum absolute atomic E-state index is 10.3. The van der Waals surface area contributed by atoms with Crippen LogP contribution in [0.5, 0.6) is 0 Å². The van der Waals surface area contributed by atoms with Gasteiger partial charge in [-0.2, -0.15) is 0 Å². The molecule has 0 bridgehead atoms.